The topological polar surface area (TPSA) is 99.1 Å². The molecule has 1 aliphatic heterocycles. The summed E-state index contributed by atoms with van der Waals surface area (Å²) in [4.78, 5) is 25.4. The average molecular weight is 426 g/mol. The third-order valence-electron chi connectivity index (χ3n) is 4.66. The lowest BCUT2D eigenvalue weighted by Gasteiger charge is -2.36. The van der Waals surface area contributed by atoms with Gasteiger partial charge in [-0.05, 0) is 53.2 Å². The van der Waals surface area contributed by atoms with E-state index in [2.05, 4.69) is 5.32 Å². The van der Waals surface area contributed by atoms with E-state index < -0.39 is 22.0 Å². The number of carbonyl (C=O) groups excluding carboxylic acids is 1. The number of nitrogens with one attached hydrogen (secondary N) is 1. The van der Waals surface area contributed by atoms with Crippen molar-refractivity contribution < 1.29 is 24.5 Å². The fraction of sp³-hybridized carbons (Fsp3) is 0.857. The van der Waals surface area contributed by atoms with Gasteiger partial charge in [-0.1, -0.05) is 13.8 Å². The molecule has 0 bridgehead atoms. The number of carbonyl (C=O) groups is 2. The Morgan fingerprint density at radius 1 is 1.45 bits per heavy atom. The van der Waals surface area contributed by atoms with Crippen molar-refractivity contribution in [3.63, 3.8) is 0 Å². The Kier molecular flexibility index (Phi) is 4.94. The van der Waals surface area contributed by atoms with Crippen LogP contribution in [0.1, 0.15) is 33.1 Å². The number of methoxy groups -OCH3 is 1. The van der Waals surface area contributed by atoms with E-state index in [9.17, 15) is 14.7 Å². The van der Waals surface area contributed by atoms with Crippen LogP contribution in [0, 0.1) is 11.3 Å². The van der Waals surface area contributed by atoms with Crippen LogP contribution in [-0.4, -0.2) is 56.6 Å². The molecule has 22 heavy (non-hydrogen) atoms. The Bertz CT molecular complexity index is 464. The maximum atomic E-state index is 12.8. The maximum absolute atomic E-state index is 12.8. The van der Waals surface area contributed by atoms with Crippen LogP contribution >= 0.6 is 22.6 Å². The first-order valence-corrected chi connectivity index (χ1v) is 8.46. The first kappa shape index (κ1) is 17.7. The van der Waals surface area contributed by atoms with E-state index in [-0.39, 0.29) is 17.2 Å². The zero-order chi connectivity index (χ0) is 16.7. The van der Waals surface area contributed by atoms with Crippen LogP contribution in [-0.2, 0) is 9.53 Å². The van der Waals surface area contributed by atoms with E-state index in [1.54, 1.807) is 41.3 Å². The molecule has 2 aliphatic rings. The Balaban J connectivity index is 2.22. The molecule has 0 aromatic rings. The summed E-state index contributed by atoms with van der Waals surface area (Å²) < 4.78 is 3.69. The fourth-order valence-electron chi connectivity index (χ4n) is 3.11. The van der Waals surface area contributed by atoms with Crippen LogP contribution in [0.4, 0.5) is 4.79 Å². The van der Waals surface area contributed by atoms with Crippen LogP contribution in [0.2, 0.25) is 0 Å². The van der Waals surface area contributed by atoms with Gasteiger partial charge in [-0.2, -0.15) is 0 Å². The predicted molar refractivity (Wildman–Crippen MR) is 87.6 cm³/mol. The summed E-state index contributed by atoms with van der Waals surface area (Å²) in [6.45, 7) is 4.14. The maximum Gasteiger partial charge on any atom is 0.405 e. The van der Waals surface area contributed by atoms with Gasteiger partial charge in [-0.25, -0.2) is 4.79 Å². The summed E-state index contributed by atoms with van der Waals surface area (Å²) in [6, 6.07) is -1.29. The highest BCUT2D eigenvalue weighted by Gasteiger charge is 2.59. The molecule has 1 unspecified atom stereocenters. The van der Waals surface area contributed by atoms with E-state index in [0.717, 1.165) is 12.8 Å². The normalized spacial score (nSPS) is 26.8. The number of halogens is 1. The van der Waals surface area contributed by atoms with Gasteiger partial charge in [0.05, 0.1) is 6.04 Å². The molecule has 0 aromatic heterocycles. The van der Waals surface area contributed by atoms with Gasteiger partial charge >= 0.3 is 6.09 Å². The van der Waals surface area contributed by atoms with Crippen LogP contribution in [0.5, 0.6) is 0 Å². The van der Waals surface area contributed by atoms with E-state index in [1.165, 1.54) is 7.11 Å². The first-order chi connectivity index (χ1) is 10.1. The average Bonchev–Trinajstić information content (AvgIpc) is 3.05. The molecule has 1 saturated heterocycles. The highest BCUT2D eigenvalue weighted by molar-refractivity contribution is 14.1. The number of ether oxygens (including phenoxy) is 1. The van der Waals surface area contributed by atoms with Gasteiger partial charge in [0.15, 0.2) is 0 Å². The van der Waals surface area contributed by atoms with Crippen molar-refractivity contribution in [1.29, 1.82) is 0 Å². The van der Waals surface area contributed by atoms with Crippen molar-refractivity contribution in [2.75, 3.05) is 13.7 Å². The first-order valence-electron chi connectivity index (χ1n) is 7.38. The van der Waals surface area contributed by atoms with Crippen molar-refractivity contribution in [1.82, 2.24) is 10.2 Å². The molecule has 1 spiro atoms. The molecule has 0 radical (unpaired) electrons. The molecule has 3 atom stereocenters. The van der Waals surface area contributed by atoms with E-state index in [4.69, 9.17) is 9.84 Å². The molecular formula is C14H23IN2O5. The molecule has 2 fully saturated rings. The largest absolute Gasteiger partial charge is 0.465 e. The number of carboxylic acid groups (broad SMARTS) is 1. The fourth-order valence-corrected chi connectivity index (χ4v) is 3.66. The van der Waals surface area contributed by atoms with Crippen LogP contribution < -0.4 is 5.32 Å². The van der Waals surface area contributed by atoms with Gasteiger partial charge in [0.1, 0.15) is 6.04 Å². The summed E-state index contributed by atoms with van der Waals surface area (Å²) in [5.41, 5.74) is 0.0722. The van der Waals surface area contributed by atoms with Crippen LogP contribution in [0.25, 0.3) is 0 Å². The Labute approximate surface area is 143 Å². The lowest BCUT2D eigenvalue weighted by atomic mass is 10.0. The number of hydrogen-bond acceptors (Lipinski definition) is 4. The second-order valence-electron chi connectivity index (χ2n) is 6.67. The standard InChI is InChI=1S/C14H23IN2O5/c1-8(2)10(16-12(19)20)11(18)17-7-13(4-5-13)6-9(17)14(15,21)22-3/h8-10,16,21H,4-7H2,1-3H3,(H,19,20)/t9-,10-,14?/m0/s1. The molecule has 1 saturated carbocycles. The third kappa shape index (κ3) is 3.48. The van der Waals surface area contributed by atoms with Gasteiger partial charge < -0.3 is 25.2 Å². The van der Waals surface area contributed by atoms with Gasteiger partial charge in [0.2, 0.25) is 9.70 Å². The molecule has 1 aliphatic carbocycles. The molecule has 8 heteroatoms. The van der Waals surface area contributed by atoms with Gasteiger partial charge in [-0.15, -0.1) is 0 Å². The predicted octanol–water partition coefficient (Wildman–Crippen LogP) is 1.39. The van der Waals surface area contributed by atoms with Crippen LogP contribution in [0.3, 0.4) is 0 Å². The highest BCUT2D eigenvalue weighted by Crippen LogP contribution is 2.57. The number of likely N-dealkylation sites (tertiary alicyclic amines) is 1. The number of amides is 2. The summed E-state index contributed by atoms with van der Waals surface area (Å²) in [5.74, 6) is -0.469. The second-order valence-corrected chi connectivity index (χ2v) is 8.22. The minimum absolute atomic E-state index is 0.0722. The molecular weight excluding hydrogens is 403 g/mol. The molecule has 3 N–H and O–H groups in total. The Morgan fingerprint density at radius 3 is 2.45 bits per heavy atom. The van der Waals surface area contributed by atoms with Crippen molar-refractivity contribution in [3.05, 3.63) is 0 Å². The molecule has 2 rings (SSSR count). The number of hydrogen-bond donors (Lipinski definition) is 3. The third-order valence-corrected chi connectivity index (χ3v) is 5.82. The van der Waals surface area contributed by atoms with Crippen molar-refractivity contribution in [2.45, 2.75) is 49.0 Å². The smallest absolute Gasteiger partial charge is 0.405 e. The lowest BCUT2D eigenvalue weighted by Crippen LogP contribution is -2.56. The molecule has 7 nitrogen and oxygen atoms in total. The summed E-state index contributed by atoms with van der Waals surface area (Å²) in [5, 5.41) is 21.7. The highest BCUT2D eigenvalue weighted by atomic mass is 127. The minimum Gasteiger partial charge on any atom is -0.465 e. The van der Waals surface area contributed by atoms with Crippen molar-refractivity contribution in [3.8, 4) is 0 Å². The molecule has 2 amide bonds. The van der Waals surface area contributed by atoms with Crippen molar-refractivity contribution in [2.24, 2.45) is 11.3 Å². The number of nitrogens with zero attached hydrogens (tertiary/aromatic N) is 1. The minimum atomic E-state index is -1.47. The zero-order valence-corrected chi connectivity index (χ0v) is 15.2. The van der Waals surface area contributed by atoms with Crippen molar-refractivity contribution >= 4 is 34.6 Å². The van der Waals surface area contributed by atoms with Crippen LogP contribution in [0.15, 0.2) is 0 Å². The molecule has 126 valence electrons. The Hall–Kier alpha value is -0.610. The summed E-state index contributed by atoms with van der Waals surface area (Å²) in [7, 11) is 1.41. The van der Waals surface area contributed by atoms with Gasteiger partial charge in [0, 0.05) is 13.7 Å². The van der Waals surface area contributed by atoms with E-state index in [0.29, 0.717) is 13.0 Å². The summed E-state index contributed by atoms with van der Waals surface area (Å²) >= 11 is 1.80. The number of rotatable bonds is 5. The molecule has 0 aromatic carbocycles. The Morgan fingerprint density at radius 2 is 2.05 bits per heavy atom. The lowest BCUT2D eigenvalue weighted by molar-refractivity contribution is -0.156. The zero-order valence-electron chi connectivity index (χ0n) is 13.0. The number of aliphatic hydroxyl groups is 1. The van der Waals surface area contributed by atoms with E-state index >= 15 is 0 Å². The monoisotopic (exact) mass is 426 g/mol. The molecule has 1 heterocycles. The number of alkyl halides is 1. The quantitative estimate of drug-likeness (QED) is 0.351. The second kappa shape index (κ2) is 6.12. The van der Waals surface area contributed by atoms with E-state index in [1.807, 2.05) is 0 Å². The van der Waals surface area contributed by atoms with Gasteiger partial charge in [-0.3, -0.25) is 4.79 Å². The summed E-state index contributed by atoms with van der Waals surface area (Å²) in [6.07, 6.45) is 1.52. The SMILES string of the molecule is COC(O)(I)[C@@H]1CC2(CC2)CN1C(=O)[C@@H](NC(=O)O)C(C)C. The van der Waals surface area contributed by atoms with Gasteiger partial charge in [0.25, 0.3) is 0 Å².